The Morgan fingerprint density at radius 2 is 2.35 bits per heavy atom. The number of aromatic amines is 1. The zero-order valence-electron chi connectivity index (χ0n) is 11.0. The molecule has 2 heterocycles. The fraction of sp³-hybridized carbons (Fsp3) is 0.231. The van der Waals surface area contributed by atoms with Gasteiger partial charge in [-0.2, -0.15) is 5.10 Å². The summed E-state index contributed by atoms with van der Waals surface area (Å²) in [4.78, 5) is 12.1. The summed E-state index contributed by atoms with van der Waals surface area (Å²) in [6, 6.07) is 5.42. The molecule has 0 saturated carbocycles. The first kappa shape index (κ1) is 12.3. The highest BCUT2D eigenvalue weighted by Gasteiger charge is 2.09. The van der Waals surface area contributed by atoms with E-state index in [-0.39, 0.29) is 5.91 Å². The number of amides is 1. The van der Waals surface area contributed by atoms with Gasteiger partial charge in [0.2, 0.25) is 0 Å². The minimum absolute atomic E-state index is 0.146. The third-order valence-corrected chi connectivity index (χ3v) is 3.15. The van der Waals surface area contributed by atoms with E-state index in [1.54, 1.807) is 24.7 Å². The van der Waals surface area contributed by atoms with Crippen molar-refractivity contribution in [2.75, 3.05) is 0 Å². The summed E-state index contributed by atoms with van der Waals surface area (Å²) in [6.07, 6.45) is 3.37. The Balaban J connectivity index is 1.72. The summed E-state index contributed by atoms with van der Waals surface area (Å²) in [7, 11) is 0. The summed E-state index contributed by atoms with van der Waals surface area (Å²) < 4.78 is 1.89. The van der Waals surface area contributed by atoms with Crippen LogP contribution in [-0.4, -0.2) is 30.9 Å². The first-order chi connectivity index (χ1) is 9.78. The maximum atomic E-state index is 12.1. The van der Waals surface area contributed by atoms with Crippen LogP contribution in [0.1, 0.15) is 23.1 Å². The highest BCUT2D eigenvalue weighted by atomic mass is 16.1. The first-order valence-corrected chi connectivity index (χ1v) is 6.36. The zero-order valence-corrected chi connectivity index (χ0v) is 11.0. The largest absolute Gasteiger partial charge is 0.345 e. The van der Waals surface area contributed by atoms with E-state index in [4.69, 9.17) is 0 Å². The Morgan fingerprint density at radius 3 is 3.20 bits per heavy atom. The lowest BCUT2D eigenvalue weighted by molar-refractivity contribution is 0.0949. The standard InChI is InChI=1S/C13H14N6O/c1-2-19-8-16-18-12(19)7-14-13(20)9-3-4-10-6-15-17-11(10)5-9/h3-6,8H,2,7H2,1H3,(H,14,20)(H,15,17). The van der Waals surface area contributed by atoms with Crippen LogP contribution in [0.15, 0.2) is 30.7 Å². The van der Waals surface area contributed by atoms with E-state index >= 15 is 0 Å². The molecule has 0 atom stereocenters. The van der Waals surface area contributed by atoms with Crippen molar-refractivity contribution in [1.29, 1.82) is 0 Å². The van der Waals surface area contributed by atoms with Crippen LogP contribution < -0.4 is 5.32 Å². The second-order valence-electron chi connectivity index (χ2n) is 4.39. The molecule has 1 aromatic carbocycles. The van der Waals surface area contributed by atoms with Crippen LogP contribution in [-0.2, 0) is 13.1 Å². The van der Waals surface area contributed by atoms with Gasteiger partial charge < -0.3 is 9.88 Å². The predicted molar refractivity (Wildman–Crippen MR) is 73.0 cm³/mol. The number of nitrogens with zero attached hydrogens (tertiary/aromatic N) is 4. The van der Waals surface area contributed by atoms with Gasteiger partial charge in [-0.1, -0.05) is 6.07 Å². The molecule has 3 aromatic rings. The minimum Gasteiger partial charge on any atom is -0.345 e. The molecule has 0 bridgehead atoms. The van der Waals surface area contributed by atoms with Crippen molar-refractivity contribution < 1.29 is 4.79 Å². The van der Waals surface area contributed by atoms with E-state index in [0.29, 0.717) is 12.1 Å². The maximum absolute atomic E-state index is 12.1. The highest BCUT2D eigenvalue weighted by molar-refractivity contribution is 5.97. The number of H-pyrrole nitrogens is 1. The third-order valence-electron chi connectivity index (χ3n) is 3.15. The molecule has 2 aromatic heterocycles. The lowest BCUT2D eigenvalue weighted by Gasteiger charge is -2.06. The van der Waals surface area contributed by atoms with Crippen molar-refractivity contribution in [1.82, 2.24) is 30.3 Å². The first-order valence-electron chi connectivity index (χ1n) is 6.36. The molecule has 0 aliphatic rings. The fourth-order valence-corrected chi connectivity index (χ4v) is 2.02. The van der Waals surface area contributed by atoms with Gasteiger partial charge in [0.1, 0.15) is 6.33 Å². The monoisotopic (exact) mass is 270 g/mol. The summed E-state index contributed by atoms with van der Waals surface area (Å²) >= 11 is 0. The molecule has 102 valence electrons. The zero-order chi connectivity index (χ0) is 13.9. The topological polar surface area (TPSA) is 88.5 Å². The Kier molecular flexibility index (Phi) is 3.16. The quantitative estimate of drug-likeness (QED) is 0.743. The number of carbonyl (C=O) groups is 1. The number of nitrogens with one attached hydrogen (secondary N) is 2. The SMILES string of the molecule is CCn1cnnc1CNC(=O)c1ccc2cn[nH]c2c1. The fourth-order valence-electron chi connectivity index (χ4n) is 2.02. The van der Waals surface area contributed by atoms with Crippen molar-refractivity contribution in [2.24, 2.45) is 0 Å². The van der Waals surface area contributed by atoms with Gasteiger partial charge in [-0.05, 0) is 19.1 Å². The van der Waals surface area contributed by atoms with Crippen LogP contribution in [0, 0.1) is 0 Å². The molecule has 0 aliphatic carbocycles. The summed E-state index contributed by atoms with van der Waals surface area (Å²) in [6.45, 7) is 3.13. The van der Waals surface area contributed by atoms with E-state index in [1.807, 2.05) is 17.6 Å². The molecular weight excluding hydrogens is 256 g/mol. The van der Waals surface area contributed by atoms with Crippen LogP contribution in [0.3, 0.4) is 0 Å². The van der Waals surface area contributed by atoms with E-state index in [1.165, 1.54) is 0 Å². The number of aromatic nitrogens is 5. The molecule has 0 fully saturated rings. The highest BCUT2D eigenvalue weighted by Crippen LogP contribution is 2.12. The van der Waals surface area contributed by atoms with Crippen LogP contribution in [0.25, 0.3) is 10.9 Å². The van der Waals surface area contributed by atoms with Gasteiger partial charge in [-0.25, -0.2) is 0 Å². The summed E-state index contributed by atoms with van der Waals surface area (Å²) in [5.74, 6) is 0.593. The molecular formula is C13H14N6O. The molecule has 0 unspecified atom stereocenters. The Labute approximate surface area is 115 Å². The van der Waals surface area contributed by atoms with Crippen LogP contribution >= 0.6 is 0 Å². The molecule has 1 amide bonds. The average Bonchev–Trinajstić information content (AvgIpc) is 3.12. The number of benzene rings is 1. The van der Waals surface area contributed by atoms with E-state index in [0.717, 1.165) is 23.3 Å². The predicted octanol–water partition coefficient (Wildman–Crippen LogP) is 1.10. The van der Waals surface area contributed by atoms with E-state index < -0.39 is 0 Å². The van der Waals surface area contributed by atoms with Crippen molar-refractivity contribution in [3.05, 3.63) is 42.1 Å². The third kappa shape index (κ3) is 2.25. The molecule has 7 heteroatoms. The number of fused-ring (bicyclic) bond motifs is 1. The maximum Gasteiger partial charge on any atom is 0.251 e. The number of hydrogen-bond donors (Lipinski definition) is 2. The molecule has 2 N–H and O–H groups in total. The Bertz CT molecular complexity index is 744. The second kappa shape index (κ2) is 5.12. The number of hydrogen-bond acceptors (Lipinski definition) is 4. The van der Waals surface area contributed by atoms with Crippen molar-refractivity contribution in [3.8, 4) is 0 Å². The van der Waals surface area contributed by atoms with E-state index in [2.05, 4.69) is 25.7 Å². The van der Waals surface area contributed by atoms with Crippen molar-refractivity contribution >= 4 is 16.8 Å². The molecule has 7 nitrogen and oxygen atoms in total. The lowest BCUT2D eigenvalue weighted by atomic mass is 10.1. The molecule has 0 spiro atoms. The molecule has 0 radical (unpaired) electrons. The minimum atomic E-state index is -0.146. The molecule has 3 rings (SSSR count). The number of carbonyl (C=O) groups excluding carboxylic acids is 1. The number of aryl methyl sites for hydroxylation is 1. The smallest absolute Gasteiger partial charge is 0.251 e. The van der Waals surface area contributed by atoms with Crippen molar-refractivity contribution in [2.45, 2.75) is 20.0 Å². The van der Waals surface area contributed by atoms with E-state index in [9.17, 15) is 4.79 Å². The van der Waals surface area contributed by atoms with Gasteiger partial charge in [0.05, 0.1) is 18.3 Å². The van der Waals surface area contributed by atoms with Gasteiger partial charge in [-0.3, -0.25) is 9.89 Å². The van der Waals surface area contributed by atoms with Gasteiger partial charge in [0, 0.05) is 17.5 Å². The van der Waals surface area contributed by atoms with Crippen LogP contribution in [0.5, 0.6) is 0 Å². The van der Waals surface area contributed by atoms with Gasteiger partial charge in [0.15, 0.2) is 5.82 Å². The lowest BCUT2D eigenvalue weighted by Crippen LogP contribution is -2.24. The molecule has 0 aliphatic heterocycles. The molecule has 20 heavy (non-hydrogen) atoms. The molecule has 0 saturated heterocycles. The van der Waals surface area contributed by atoms with Crippen LogP contribution in [0.2, 0.25) is 0 Å². The van der Waals surface area contributed by atoms with Crippen LogP contribution in [0.4, 0.5) is 0 Å². The normalized spacial score (nSPS) is 10.8. The Hall–Kier alpha value is -2.70. The van der Waals surface area contributed by atoms with Gasteiger partial charge >= 0.3 is 0 Å². The summed E-state index contributed by atoms with van der Waals surface area (Å²) in [5.41, 5.74) is 1.43. The summed E-state index contributed by atoms with van der Waals surface area (Å²) in [5, 5.41) is 18.4. The Morgan fingerprint density at radius 1 is 1.45 bits per heavy atom. The van der Waals surface area contributed by atoms with Gasteiger partial charge in [0.25, 0.3) is 5.91 Å². The second-order valence-corrected chi connectivity index (χ2v) is 4.39. The average molecular weight is 270 g/mol. The van der Waals surface area contributed by atoms with Gasteiger partial charge in [-0.15, -0.1) is 10.2 Å². The number of rotatable bonds is 4. The van der Waals surface area contributed by atoms with Crippen molar-refractivity contribution in [3.63, 3.8) is 0 Å².